The first-order valence-corrected chi connectivity index (χ1v) is 8.82. The molecule has 3 rings (SSSR count). The maximum Gasteiger partial charge on any atom is 0.0224 e. The van der Waals surface area contributed by atoms with Crippen LogP contribution < -0.4 is 5.32 Å². The highest BCUT2D eigenvalue weighted by atomic mass is 15.3. The van der Waals surface area contributed by atoms with Crippen molar-refractivity contribution < 1.29 is 0 Å². The van der Waals surface area contributed by atoms with Crippen molar-refractivity contribution in [3.63, 3.8) is 0 Å². The van der Waals surface area contributed by atoms with Crippen molar-refractivity contribution >= 4 is 0 Å². The van der Waals surface area contributed by atoms with E-state index in [1.807, 2.05) is 0 Å². The van der Waals surface area contributed by atoms with Crippen molar-refractivity contribution in [2.75, 3.05) is 33.2 Å². The highest BCUT2D eigenvalue weighted by Gasteiger charge is 2.37. The minimum Gasteiger partial charge on any atom is -0.317 e. The van der Waals surface area contributed by atoms with Gasteiger partial charge in [-0.1, -0.05) is 6.92 Å². The van der Waals surface area contributed by atoms with Crippen LogP contribution in [0.5, 0.6) is 0 Å². The first-order valence-electron chi connectivity index (χ1n) is 8.82. The van der Waals surface area contributed by atoms with E-state index in [0.717, 1.165) is 30.0 Å². The van der Waals surface area contributed by atoms with Crippen molar-refractivity contribution in [3.8, 4) is 0 Å². The zero-order valence-corrected chi connectivity index (χ0v) is 13.6. The second kappa shape index (κ2) is 6.33. The van der Waals surface area contributed by atoms with E-state index in [0.29, 0.717) is 0 Å². The van der Waals surface area contributed by atoms with E-state index in [9.17, 15) is 0 Å². The van der Waals surface area contributed by atoms with Crippen LogP contribution in [0.15, 0.2) is 0 Å². The van der Waals surface area contributed by atoms with Gasteiger partial charge in [-0.15, -0.1) is 0 Å². The van der Waals surface area contributed by atoms with Crippen molar-refractivity contribution in [2.45, 2.75) is 64.1 Å². The summed E-state index contributed by atoms with van der Waals surface area (Å²) in [7, 11) is 2.16. The van der Waals surface area contributed by atoms with E-state index in [2.05, 4.69) is 36.0 Å². The molecular formula is C17H33N3. The fraction of sp³-hybridized carbons (Fsp3) is 1.00. The van der Waals surface area contributed by atoms with Crippen LogP contribution in [0, 0.1) is 11.8 Å². The van der Waals surface area contributed by atoms with Gasteiger partial charge in [0.2, 0.25) is 0 Å². The van der Waals surface area contributed by atoms with Gasteiger partial charge >= 0.3 is 0 Å². The molecule has 2 aliphatic heterocycles. The molecule has 2 heterocycles. The maximum absolute atomic E-state index is 3.59. The molecule has 3 aliphatic rings. The van der Waals surface area contributed by atoms with E-state index in [1.165, 1.54) is 58.3 Å². The normalized spacial score (nSPS) is 43.6. The number of nitrogens with zero attached hydrogens (tertiary/aromatic N) is 2. The van der Waals surface area contributed by atoms with Gasteiger partial charge in [0.15, 0.2) is 0 Å². The fourth-order valence-electron chi connectivity index (χ4n) is 4.88. The predicted molar refractivity (Wildman–Crippen MR) is 85.0 cm³/mol. The van der Waals surface area contributed by atoms with Crippen LogP contribution in [-0.2, 0) is 0 Å². The standard InChI is InChI=1S/C17H33N3/c1-13-6-7-17(18-3)15(9-13)11-20-12-16-5-4-8-19(16)10-14(20)2/h13-18H,4-12H2,1-3H3. The SMILES string of the molecule is CNC1CCC(C)CC1CN1CC2CCCN2CC1C. The third kappa shape index (κ3) is 3.05. The summed E-state index contributed by atoms with van der Waals surface area (Å²) in [5.74, 6) is 1.78. The molecule has 0 bridgehead atoms. The molecule has 20 heavy (non-hydrogen) atoms. The van der Waals surface area contributed by atoms with Gasteiger partial charge in [0.25, 0.3) is 0 Å². The lowest BCUT2D eigenvalue weighted by Gasteiger charge is -2.46. The fourth-order valence-corrected chi connectivity index (χ4v) is 4.88. The second-order valence-electron chi connectivity index (χ2n) is 7.67. The lowest BCUT2D eigenvalue weighted by Crippen LogP contribution is -2.57. The summed E-state index contributed by atoms with van der Waals surface area (Å²) in [6, 6.07) is 2.36. The molecule has 0 aromatic carbocycles. The molecule has 1 saturated carbocycles. The molecule has 1 aliphatic carbocycles. The quantitative estimate of drug-likeness (QED) is 0.854. The molecule has 3 heteroatoms. The van der Waals surface area contributed by atoms with Gasteiger partial charge in [-0.2, -0.15) is 0 Å². The first kappa shape index (κ1) is 14.8. The van der Waals surface area contributed by atoms with E-state index in [1.54, 1.807) is 0 Å². The molecule has 0 radical (unpaired) electrons. The summed E-state index contributed by atoms with van der Waals surface area (Å²) in [6.45, 7) is 10.2. The lowest BCUT2D eigenvalue weighted by atomic mass is 9.78. The Labute approximate surface area is 125 Å². The summed E-state index contributed by atoms with van der Waals surface area (Å²) in [5, 5.41) is 3.59. The van der Waals surface area contributed by atoms with Gasteiger partial charge < -0.3 is 5.32 Å². The zero-order chi connectivity index (χ0) is 14.1. The molecule has 2 saturated heterocycles. The Bertz CT molecular complexity index is 319. The van der Waals surface area contributed by atoms with Crippen LogP contribution in [0.3, 0.4) is 0 Å². The van der Waals surface area contributed by atoms with Gasteiger partial charge in [-0.25, -0.2) is 0 Å². The minimum absolute atomic E-state index is 0.749. The summed E-state index contributed by atoms with van der Waals surface area (Å²) in [6.07, 6.45) is 7.06. The molecule has 0 amide bonds. The predicted octanol–water partition coefficient (Wildman–Crippen LogP) is 2.18. The number of hydrogen-bond donors (Lipinski definition) is 1. The van der Waals surface area contributed by atoms with Gasteiger partial charge in [0, 0.05) is 37.8 Å². The van der Waals surface area contributed by atoms with Gasteiger partial charge in [-0.05, 0) is 64.5 Å². The monoisotopic (exact) mass is 279 g/mol. The van der Waals surface area contributed by atoms with Gasteiger partial charge in [0.05, 0.1) is 0 Å². The Morgan fingerprint density at radius 1 is 1.10 bits per heavy atom. The number of piperazine rings is 1. The van der Waals surface area contributed by atoms with E-state index in [-0.39, 0.29) is 0 Å². The molecule has 5 unspecified atom stereocenters. The van der Waals surface area contributed by atoms with Gasteiger partial charge in [0.1, 0.15) is 0 Å². The van der Waals surface area contributed by atoms with Crippen molar-refractivity contribution in [1.82, 2.24) is 15.1 Å². The number of hydrogen-bond acceptors (Lipinski definition) is 3. The zero-order valence-electron chi connectivity index (χ0n) is 13.6. The Morgan fingerprint density at radius 3 is 2.75 bits per heavy atom. The smallest absolute Gasteiger partial charge is 0.0224 e. The molecule has 116 valence electrons. The molecule has 1 N–H and O–H groups in total. The summed E-state index contributed by atoms with van der Waals surface area (Å²) in [5.41, 5.74) is 0. The van der Waals surface area contributed by atoms with Crippen molar-refractivity contribution in [1.29, 1.82) is 0 Å². The largest absolute Gasteiger partial charge is 0.317 e. The molecule has 3 nitrogen and oxygen atoms in total. The molecular weight excluding hydrogens is 246 g/mol. The molecule has 5 atom stereocenters. The number of nitrogens with one attached hydrogen (secondary N) is 1. The topological polar surface area (TPSA) is 18.5 Å². The van der Waals surface area contributed by atoms with Crippen molar-refractivity contribution in [3.05, 3.63) is 0 Å². The van der Waals surface area contributed by atoms with Crippen LogP contribution in [0.2, 0.25) is 0 Å². The van der Waals surface area contributed by atoms with E-state index >= 15 is 0 Å². The van der Waals surface area contributed by atoms with Gasteiger partial charge in [-0.3, -0.25) is 9.80 Å². The third-order valence-electron chi connectivity index (χ3n) is 6.15. The van der Waals surface area contributed by atoms with Crippen LogP contribution in [0.25, 0.3) is 0 Å². The van der Waals surface area contributed by atoms with Crippen LogP contribution in [0.4, 0.5) is 0 Å². The molecule has 0 spiro atoms. The first-order chi connectivity index (χ1) is 9.67. The average molecular weight is 279 g/mol. The van der Waals surface area contributed by atoms with Crippen LogP contribution in [0.1, 0.15) is 46.0 Å². The highest BCUT2D eigenvalue weighted by Crippen LogP contribution is 2.32. The number of rotatable bonds is 3. The number of fused-ring (bicyclic) bond motifs is 1. The molecule has 3 fully saturated rings. The lowest BCUT2D eigenvalue weighted by molar-refractivity contribution is 0.0345. The Kier molecular flexibility index (Phi) is 4.68. The van der Waals surface area contributed by atoms with Crippen LogP contribution in [-0.4, -0.2) is 61.2 Å². The highest BCUT2D eigenvalue weighted by molar-refractivity contribution is 4.93. The third-order valence-corrected chi connectivity index (χ3v) is 6.15. The Hall–Kier alpha value is -0.120. The Balaban J connectivity index is 1.60. The van der Waals surface area contributed by atoms with E-state index < -0.39 is 0 Å². The molecule has 0 aromatic rings. The maximum atomic E-state index is 3.59. The second-order valence-corrected chi connectivity index (χ2v) is 7.67. The summed E-state index contributed by atoms with van der Waals surface area (Å²) in [4.78, 5) is 5.54. The van der Waals surface area contributed by atoms with Crippen LogP contribution >= 0.6 is 0 Å². The Morgan fingerprint density at radius 2 is 1.95 bits per heavy atom. The summed E-state index contributed by atoms with van der Waals surface area (Å²) < 4.78 is 0. The minimum atomic E-state index is 0.749. The molecule has 0 aromatic heterocycles. The summed E-state index contributed by atoms with van der Waals surface area (Å²) >= 11 is 0. The van der Waals surface area contributed by atoms with Crippen molar-refractivity contribution in [2.24, 2.45) is 11.8 Å². The van der Waals surface area contributed by atoms with E-state index in [4.69, 9.17) is 0 Å². The average Bonchev–Trinajstić information content (AvgIpc) is 2.86.